The van der Waals surface area contributed by atoms with Crippen molar-refractivity contribution in [3.8, 4) is 17.2 Å². The molecule has 1 fully saturated rings. The number of halogens is 2. The number of nitrogens with zero attached hydrogens (tertiary/aromatic N) is 1. The lowest BCUT2D eigenvalue weighted by Crippen LogP contribution is -2.37. The normalized spacial score (nSPS) is 17.9. The maximum atomic E-state index is 15.7. The number of allylic oxidation sites excluding steroid dienone is 1. The Balaban J connectivity index is 1.49. The van der Waals surface area contributed by atoms with Gasteiger partial charge in [0.2, 0.25) is 0 Å². The van der Waals surface area contributed by atoms with Crippen LogP contribution in [0.15, 0.2) is 65.6 Å². The fourth-order valence-corrected chi connectivity index (χ4v) is 6.47. The monoisotopic (exact) mass is 559 g/mol. The molecule has 40 heavy (non-hydrogen) atoms. The van der Waals surface area contributed by atoms with Crippen LogP contribution in [0.3, 0.4) is 0 Å². The van der Waals surface area contributed by atoms with Crippen molar-refractivity contribution in [3.05, 3.63) is 83.2 Å². The van der Waals surface area contributed by atoms with Gasteiger partial charge in [-0.1, -0.05) is 12.1 Å². The summed E-state index contributed by atoms with van der Waals surface area (Å²) in [6.45, 7) is 2.20. The number of phenols is 1. The van der Waals surface area contributed by atoms with Crippen LogP contribution < -0.4 is 9.47 Å². The Morgan fingerprint density at radius 2 is 1.75 bits per heavy atom. The Bertz CT molecular complexity index is 1380. The number of ether oxygens (including phenoxy) is 2. The van der Waals surface area contributed by atoms with Gasteiger partial charge in [-0.2, -0.15) is 0 Å². The van der Waals surface area contributed by atoms with Crippen LogP contribution in [0.2, 0.25) is 0 Å². The van der Waals surface area contributed by atoms with Crippen LogP contribution in [-0.2, 0) is 0 Å². The number of phenolic OH excluding ortho intramolecular Hbond substituents is 1. The second-order valence-electron chi connectivity index (χ2n) is 11.4. The topological polar surface area (TPSA) is 41.9 Å². The van der Waals surface area contributed by atoms with E-state index in [2.05, 4.69) is 4.90 Å². The molecule has 4 nitrogen and oxygen atoms in total. The summed E-state index contributed by atoms with van der Waals surface area (Å²) in [6, 6.07) is 18.5. The molecular formula is C30H34B3F2NO3S. The van der Waals surface area contributed by atoms with Crippen LogP contribution in [0.1, 0.15) is 36.0 Å². The van der Waals surface area contributed by atoms with Crippen molar-refractivity contribution in [1.29, 1.82) is 0 Å². The Morgan fingerprint density at radius 1 is 1.00 bits per heavy atom. The molecular weight excluding hydrogens is 525 g/mol. The first-order valence-electron chi connectivity index (χ1n) is 13.9. The summed E-state index contributed by atoms with van der Waals surface area (Å²) >= 11 is 1.67. The number of hydrogen-bond acceptors (Lipinski definition) is 5. The van der Waals surface area contributed by atoms with E-state index in [0.717, 1.165) is 64.7 Å². The first-order chi connectivity index (χ1) is 19.2. The largest absolute Gasteiger partial charge is 0.514 e. The minimum Gasteiger partial charge on any atom is -0.514 e. The van der Waals surface area contributed by atoms with Crippen molar-refractivity contribution in [3.63, 3.8) is 0 Å². The number of likely N-dealkylation sites (tertiary alicyclic amines) is 1. The van der Waals surface area contributed by atoms with Gasteiger partial charge < -0.3 is 14.6 Å². The first-order valence-corrected chi connectivity index (χ1v) is 14.9. The average molecular weight is 559 g/mol. The van der Waals surface area contributed by atoms with E-state index in [9.17, 15) is 9.50 Å². The fraction of sp³-hybridized carbons (Fsp3) is 0.333. The van der Waals surface area contributed by atoms with Crippen molar-refractivity contribution in [1.82, 2.24) is 4.90 Å². The molecule has 0 spiro atoms. The van der Waals surface area contributed by atoms with E-state index in [1.54, 1.807) is 23.9 Å². The molecule has 0 unspecified atom stereocenters. The van der Waals surface area contributed by atoms with Gasteiger partial charge in [0.1, 0.15) is 52.7 Å². The van der Waals surface area contributed by atoms with Gasteiger partial charge in [0.05, 0.1) is 6.67 Å². The van der Waals surface area contributed by atoms with Crippen LogP contribution in [0.25, 0.3) is 11.1 Å². The highest BCUT2D eigenvalue weighted by atomic mass is 32.2. The van der Waals surface area contributed by atoms with Crippen molar-refractivity contribution in [2.24, 2.45) is 0 Å². The molecule has 5 rings (SSSR count). The molecule has 0 bridgehead atoms. The molecule has 0 aromatic heterocycles. The quantitative estimate of drug-likeness (QED) is 0.406. The van der Waals surface area contributed by atoms with E-state index in [1.807, 2.05) is 66.0 Å². The van der Waals surface area contributed by atoms with Crippen molar-refractivity contribution < 1.29 is 23.4 Å². The van der Waals surface area contributed by atoms with Gasteiger partial charge in [-0.3, -0.25) is 9.29 Å². The van der Waals surface area contributed by atoms with Gasteiger partial charge in [-0.05, 0) is 84.0 Å². The zero-order valence-electron chi connectivity index (χ0n) is 23.4. The molecule has 1 atom stereocenters. The maximum Gasteiger partial charge on any atom is 0.135 e. The molecule has 2 heterocycles. The van der Waals surface area contributed by atoms with Crippen LogP contribution in [-0.4, -0.2) is 77.0 Å². The highest BCUT2D eigenvalue weighted by Gasteiger charge is 2.25. The third kappa shape index (κ3) is 6.89. The molecule has 10 heteroatoms. The summed E-state index contributed by atoms with van der Waals surface area (Å²) < 4.78 is 40.4. The molecule has 1 saturated heterocycles. The predicted octanol–water partition coefficient (Wildman–Crippen LogP) is 3.69. The van der Waals surface area contributed by atoms with Gasteiger partial charge in [-0.25, -0.2) is 4.39 Å². The number of aromatic hydroxyl groups is 1. The highest BCUT2D eigenvalue weighted by molar-refractivity contribution is 7.99. The fourth-order valence-electron chi connectivity index (χ4n) is 5.42. The van der Waals surface area contributed by atoms with Gasteiger partial charge in [-0.15, -0.1) is 11.8 Å². The van der Waals surface area contributed by atoms with E-state index in [0.29, 0.717) is 24.2 Å². The van der Waals surface area contributed by atoms with Crippen molar-refractivity contribution in [2.45, 2.75) is 35.6 Å². The number of rotatable bonds is 9. The smallest absolute Gasteiger partial charge is 0.135 e. The Labute approximate surface area is 242 Å². The second kappa shape index (κ2) is 12.4. The van der Waals surface area contributed by atoms with E-state index in [4.69, 9.17) is 9.47 Å². The van der Waals surface area contributed by atoms with Crippen molar-refractivity contribution in [2.75, 3.05) is 32.1 Å². The Kier molecular flexibility index (Phi) is 8.86. The lowest BCUT2D eigenvalue weighted by atomic mass is 9.52. The molecule has 206 valence electrons. The van der Waals surface area contributed by atoms with E-state index in [1.165, 1.54) is 6.07 Å². The van der Waals surface area contributed by atoms with E-state index < -0.39 is 5.30 Å². The molecule has 1 N–H and O–H groups in total. The Hall–Kier alpha value is -2.84. The summed E-state index contributed by atoms with van der Waals surface area (Å²) in [7, 11) is 5.82. The standard InChI is InChI=1S/C30H34B3F2NO3S/c31-30(32,33)39-22-7-9-24(27(35)17-22)25-11-15-40-28-16-20(37)4-8-26(28)29(25)19-2-5-21(6-3-19)38-23-10-14-36(18-23)13-1-12-34/h2-9,16-17,23,37H,1,10-15,18,31-33H2/t23-/m0/s1. The zero-order chi connectivity index (χ0) is 28.3. The molecule has 0 saturated carbocycles. The van der Waals surface area contributed by atoms with E-state index in [-0.39, 0.29) is 24.3 Å². The van der Waals surface area contributed by atoms with Crippen LogP contribution in [0, 0.1) is 5.82 Å². The third-order valence-electron chi connectivity index (χ3n) is 7.12. The minimum atomic E-state index is -0.423. The number of thioether (sulfide) groups is 1. The van der Waals surface area contributed by atoms with Gasteiger partial charge >= 0.3 is 0 Å². The van der Waals surface area contributed by atoms with Gasteiger partial charge in [0.15, 0.2) is 0 Å². The molecule has 2 aliphatic heterocycles. The van der Waals surface area contributed by atoms with Crippen LogP contribution in [0.4, 0.5) is 8.78 Å². The second-order valence-corrected chi connectivity index (χ2v) is 12.5. The van der Waals surface area contributed by atoms with Crippen LogP contribution >= 0.6 is 11.8 Å². The number of hydrogen-bond donors (Lipinski definition) is 1. The lowest BCUT2D eigenvalue weighted by Gasteiger charge is -2.23. The molecule has 0 radical (unpaired) electrons. The van der Waals surface area contributed by atoms with Gasteiger partial charge in [0.25, 0.3) is 0 Å². The summed E-state index contributed by atoms with van der Waals surface area (Å²) in [6.07, 6.45) is 2.23. The summed E-state index contributed by atoms with van der Waals surface area (Å²) in [5.74, 6) is 1.94. The van der Waals surface area contributed by atoms with Crippen molar-refractivity contribution >= 4 is 46.4 Å². The maximum absolute atomic E-state index is 15.7. The zero-order valence-corrected chi connectivity index (χ0v) is 24.2. The molecule has 0 aliphatic carbocycles. The third-order valence-corrected chi connectivity index (χ3v) is 8.18. The number of benzene rings is 3. The van der Waals surface area contributed by atoms with Gasteiger partial charge in [0, 0.05) is 47.2 Å². The molecule has 0 amide bonds. The summed E-state index contributed by atoms with van der Waals surface area (Å²) in [5.41, 5.74) is 4.36. The van der Waals surface area contributed by atoms with Crippen LogP contribution in [0.5, 0.6) is 17.2 Å². The summed E-state index contributed by atoms with van der Waals surface area (Å²) in [5, 5.41) is 9.76. The number of alkyl halides is 1. The minimum absolute atomic E-state index is 0.0844. The average Bonchev–Trinajstić information content (AvgIpc) is 3.26. The predicted molar refractivity (Wildman–Crippen MR) is 167 cm³/mol. The Morgan fingerprint density at radius 3 is 2.48 bits per heavy atom. The SMILES string of the molecule is BC(B)(B)Oc1ccc(C2=C(c3ccc(O[C@H]4CCN(CCCF)C4)cc3)c3ccc(O)cc3SCC2)c(F)c1. The molecule has 3 aromatic carbocycles. The highest BCUT2D eigenvalue weighted by Crippen LogP contribution is 2.45. The molecule has 3 aromatic rings. The lowest BCUT2D eigenvalue weighted by molar-refractivity contribution is 0.198. The molecule has 2 aliphatic rings. The van der Waals surface area contributed by atoms with E-state index >= 15 is 4.39 Å². The number of fused-ring (bicyclic) bond motifs is 1. The first kappa shape index (κ1) is 28.7. The summed E-state index contributed by atoms with van der Waals surface area (Å²) in [4.78, 5) is 3.22.